The lowest BCUT2D eigenvalue weighted by Crippen LogP contribution is -1.95. The van der Waals surface area contributed by atoms with Crippen molar-refractivity contribution in [1.29, 1.82) is 0 Å². The number of carbonyl (C=O) groups is 1. The van der Waals surface area contributed by atoms with Gasteiger partial charge in [-0.25, -0.2) is 0 Å². The second-order valence-corrected chi connectivity index (χ2v) is 6.25. The number of carbonyl (C=O) groups excluding carboxylic acids is 1. The number of hydrogen-bond acceptors (Lipinski definition) is 3. The van der Waals surface area contributed by atoms with Crippen molar-refractivity contribution in [2.75, 3.05) is 0 Å². The summed E-state index contributed by atoms with van der Waals surface area (Å²) in [6.07, 6.45) is 8.18. The van der Waals surface area contributed by atoms with E-state index in [2.05, 4.69) is 4.98 Å². The highest BCUT2D eigenvalue weighted by molar-refractivity contribution is 6.30. The summed E-state index contributed by atoms with van der Waals surface area (Å²) in [5.74, 6) is 0.662. The molecule has 0 atom stereocenters. The van der Waals surface area contributed by atoms with Crippen LogP contribution in [0.4, 0.5) is 0 Å². The first-order valence-corrected chi connectivity index (χ1v) is 8.85. The van der Waals surface area contributed by atoms with Gasteiger partial charge in [-0.15, -0.1) is 0 Å². The molecule has 0 radical (unpaired) electrons. The zero-order valence-corrected chi connectivity index (χ0v) is 15.3. The number of benzene rings is 2. The predicted octanol–water partition coefficient (Wildman–Crippen LogP) is 5.61. The minimum Gasteiger partial charge on any atom is -0.489 e. The predicted molar refractivity (Wildman–Crippen MR) is 110 cm³/mol. The van der Waals surface area contributed by atoms with Crippen LogP contribution in [0.3, 0.4) is 0 Å². The maximum absolute atomic E-state index is 11.9. The molecule has 0 fully saturated rings. The maximum Gasteiger partial charge on any atom is 0.178 e. The van der Waals surface area contributed by atoms with Gasteiger partial charge >= 0.3 is 0 Å². The molecule has 134 valence electrons. The lowest BCUT2D eigenvalue weighted by molar-refractivity contribution is -0.110. The molecule has 3 nitrogen and oxygen atoms in total. The van der Waals surface area contributed by atoms with E-state index in [1.807, 2.05) is 66.7 Å². The molecule has 0 aliphatic rings. The summed E-state index contributed by atoms with van der Waals surface area (Å²) < 4.78 is 5.75. The third-order valence-corrected chi connectivity index (χ3v) is 3.96. The first kappa shape index (κ1) is 18.6. The fraction of sp³-hybridized carbons (Fsp3) is 0.0435. The van der Waals surface area contributed by atoms with Crippen LogP contribution in [-0.2, 0) is 11.4 Å². The third kappa shape index (κ3) is 6.24. The molecule has 3 rings (SSSR count). The molecule has 0 saturated heterocycles. The van der Waals surface area contributed by atoms with E-state index in [4.69, 9.17) is 16.3 Å². The Bertz CT molecular complexity index is 948. The van der Waals surface area contributed by atoms with Gasteiger partial charge in [0, 0.05) is 11.2 Å². The second kappa shape index (κ2) is 9.51. The van der Waals surface area contributed by atoms with Crippen LogP contribution in [0.1, 0.15) is 16.8 Å². The van der Waals surface area contributed by atoms with Crippen LogP contribution in [0.15, 0.2) is 85.1 Å². The average molecular weight is 376 g/mol. The van der Waals surface area contributed by atoms with Crippen LogP contribution in [0.2, 0.25) is 5.02 Å². The molecule has 0 bridgehead atoms. The van der Waals surface area contributed by atoms with Crippen molar-refractivity contribution in [2.24, 2.45) is 0 Å². The average Bonchev–Trinajstić information content (AvgIpc) is 2.71. The summed E-state index contributed by atoms with van der Waals surface area (Å²) in [7, 11) is 0. The molecular formula is C23H18ClNO2. The van der Waals surface area contributed by atoms with Gasteiger partial charge in [0.1, 0.15) is 12.4 Å². The van der Waals surface area contributed by atoms with E-state index in [1.165, 1.54) is 12.2 Å². The van der Waals surface area contributed by atoms with Crippen LogP contribution >= 0.6 is 11.6 Å². The summed E-state index contributed by atoms with van der Waals surface area (Å²) in [5, 5.41) is 0.693. The molecule has 1 aromatic heterocycles. The monoisotopic (exact) mass is 375 g/mol. The SMILES string of the molecule is O=C(C=Cc1ccc(OCc2cccc(Cl)c2)cc1)C=Cc1ccccn1. The van der Waals surface area contributed by atoms with E-state index >= 15 is 0 Å². The van der Waals surface area contributed by atoms with E-state index < -0.39 is 0 Å². The van der Waals surface area contributed by atoms with Gasteiger partial charge in [-0.1, -0.05) is 48.0 Å². The number of nitrogens with zero attached hydrogens (tertiary/aromatic N) is 1. The van der Waals surface area contributed by atoms with Gasteiger partial charge in [0.2, 0.25) is 0 Å². The zero-order valence-electron chi connectivity index (χ0n) is 14.6. The standard InChI is InChI=1S/C23H18ClNO2/c24-20-5-3-4-19(16-20)17-27-23-13-8-18(9-14-23)7-11-22(26)12-10-21-6-1-2-15-25-21/h1-16H,17H2. The van der Waals surface area contributed by atoms with Crippen LogP contribution in [0.25, 0.3) is 12.2 Å². The van der Waals surface area contributed by atoms with Gasteiger partial charge in [-0.2, -0.15) is 0 Å². The van der Waals surface area contributed by atoms with Crippen LogP contribution in [0.5, 0.6) is 5.75 Å². The van der Waals surface area contributed by atoms with E-state index in [1.54, 1.807) is 18.3 Å². The number of ketones is 1. The maximum atomic E-state index is 11.9. The Hall–Kier alpha value is -3.17. The Labute approximate surface area is 163 Å². The Balaban J connectivity index is 1.53. The van der Waals surface area contributed by atoms with Crippen LogP contribution in [-0.4, -0.2) is 10.8 Å². The highest BCUT2D eigenvalue weighted by atomic mass is 35.5. The number of allylic oxidation sites excluding steroid dienone is 2. The molecule has 3 aromatic rings. The summed E-state index contributed by atoms with van der Waals surface area (Å²) in [5.41, 5.74) is 2.68. The van der Waals surface area contributed by atoms with E-state index in [-0.39, 0.29) is 5.78 Å². The summed E-state index contributed by atoms with van der Waals surface area (Å²) >= 11 is 5.97. The number of aromatic nitrogens is 1. The largest absolute Gasteiger partial charge is 0.489 e. The summed E-state index contributed by atoms with van der Waals surface area (Å²) in [6.45, 7) is 0.451. The molecule has 0 spiro atoms. The quantitative estimate of drug-likeness (QED) is 0.504. The minimum atomic E-state index is -0.0954. The highest BCUT2D eigenvalue weighted by Crippen LogP contribution is 2.17. The summed E-state index contributed by atoms with van der Waals surface area (Å²) in [6, 6.07) is 20.7. The van der Waals surface area contributed by atoms with Crippen LogP contribution in [0, 0.1) is 0 Å². The normalized spacial score (nSPS) is 11.1. The Morgan fingerprint density at radius 2 is 1.78 bits per heavy atom. The second-order valence-electron chi connectivity index (χ2n) is 5.81. The van der Waals surface area contributed by atoms with Crippen molar-refractivity contribution >= 4 is 29.5 Å². The third-order valence-electron chi connectivity index (χ3n) is 3.72. The van der Waals surface area contributed by atoms with Crippen molar-refractivity contribution in [2.45, 2.75) is 6.61 Å². The topological polar surface area (TPSA) is 39.2 Å². The zero-order chi connectivity index (χ0) is 18.9. The number of hydrogen-bond donors (Lipinski definition) is 0. The van der Waals surface area contributed by atoms with E-state index in [0.29, 0.717) is 11.6 Å². The van der Waals surface area contributed by atoms with Gasteiger partial charge in [-0.05, 0) is 65.8 Å². The highest BCUT2D eigenvalue weighted by Gasteiger charge is 1.98. The molecule has 0 aliphatic heterocycles. The lowest BCUT2D eigenvalue weighted by atomic mass is 10.2. The smallest absolute Gasteiger partial charge is 0.178 e. The Morgan fingerprint density at radius 3 is 2.52 bits per heavy atom. The number of rotatable bonds is 7. The van der Waals surface area contributed by atoms with Crippen LogP contribution < -0.4 is 4.74 Å². The van der Waals surface area contributed by atoms with Crippen molar-refractivity contribution in [3.05, 3.63) is 107 Å². The molecular weight excluding hydrogens is 358 g/mol. The van der Waals surface area contributed by atoms with E-state index in [9.17, 15) is 4.79 Å². The molecule has 0 amide bonds. The summed E-state index contributed by atoms with van der Waals surface area (Å²) in [4.78, 5) is 16.0. The van der Waals surface area contributed by atoms with Crippen molar-refractivity contribution in [3.8, 4) is 5.75 Å². The number of ether oxygens (including phenoxy) is 1. The van der Waals surface area contributed by atoms with Gasteiger partial charge < -0.3 is 4.74 Å². The van der Waals surface area contributed by atoms with Gasteiger partial charge in [0.25, 0.3) is 0 Å². The lowest BCUT2D eigenvalue weighted by Gasteiger charge is -2.06. The van der Waals surface area contributed by atoms with E-state index in [0.717, 1.165) is 22.6 Å². The van der Waals surface area contributed by atoms with Gasteiger partial charge in [0.05, 0.1) is 5.69 Å². The molecule has 2 aromatic carbocycles. The molecule has 1 heterocycles. The minimum absolute atomic E-state index is 0.0954. The molecule has 0 saturated carbocycles. The Morgan fingerprint density at radius 1 is 0.963 bits per heavy atom. The molecule has 0 unspecified atom stereocenters. The fourth-order valence-corrected chi connectivity index (χ4v) is 2.56. The first-order valence-electron chi connectivity index (χ1n) is 8.47. The van der Waals surface area contributed by atoms with Crippen molar-refractivity contribution < 1.29 is 9.53 Å². The fourth-order valence-electron chi connectivity index (χ4n) is 2.34. The van der Waals surface area contributed by atoms with Crippen molar-refractivity contribution in [3.63, 3.8) is 0 Å². The molecule has 0 aliphatic carbocycles. The molecule has 4 heteroatoms. The Kier molecular flexibility index (Phi) is 6.55. The molecule has 0 N–H and O–H groups in total. The molecule has 27 heavy (non-hydrogen) atoms. The first-order chi connectivity index (χ1) is 13.2. The number of pyridine rings is 1. The van der Waals surface area contributed by atoms with Gasteiger partial charge in [-0.3, -0.25) is 9.78 Å². The van der Waals surface area contributed by atoms with Crippen molar-refractivity contribution in [1.82, 2.24) is 4.98 Å². The van der Waals surface area contributed by atoms with Gasteiger partial charge in [0.15, 0.2) is 5.78 Å². The number of halogens is 1.